The zero-order chi connectivity index (χ0) is 23.6. The topological polar surface area (TPSA) is 123 Å². The van der Waals surface area contributed by atoms with Crippen molar-refractivity contribution in [2.45, 2.75) is 26.1 Å². The molecule has 1 aliphatic heterocycles. The number of carbonyl (C=O) groups is 1. The second-order valence-corrected chi connectivity index (χ2v) is 7.30. The van der Waals surface area contributed by atoms with Gasteiger partial charge in [-0.15, -0.1) is 0 Å². The van der Waals surface area contributed by atoms with Gasteiger partial charge in [0.2, 0.25) is 5.71 Å². The summed E-state index contributed by atoms with van der Waals surface area (Å²) in [4.78, 5) is 13.1. The maximum absolute atomic E-state index is 13.1. The summed E-state index contributed by atoms with van der Waals surface area (Å²) in [5, 5.41) is 27.4. The molecule has 0 saturated carbocycles. The molecule has 0 aromatic heterocycles. The molecular formula is C24H24N6O3. The minimum Gasteiger partial charge on any atom is -0.380 e. The van der Waals surface area contributed by atoms with E-state index >= 15 is 0 Å². The molecule has 0 fully saturated rings. The van der Waals surface area contributed by atoms with Crippen molar-refractivity contribution in [1.82, 2.24) is 5.01 Å². The van der Waals surface area contributed by atoms with Crippen molar-refractivity contribution in [1.29, 1.82) is 10.5 Å². The molecule has 0 unspecified atom stereocenters. The lowest BCUT2D eigenvalue weighted by atomic mass is 9.99. The van der Waals surface area contributed by atoms with E-state index < -0.39 is 0 Å². The first-order valence-electron chi connectivity index (χ1n) is 10.3. The van der Waals surface area contributed by atoms with Gasteiger partial charge in [0.05, 0.1) is 24.6 Å². The van der Waals surface area contributed by atoms with E-state index in [0.717, 1.165) is 35.2 Å². The number of anilines is 1. The van der Waals surface area contributed by atoms with E-state index in [1.165, 1.54) is 5.01 Å². The van der Waals surface area contributed by atoms with Crippen LogP contribution in [0.15, 0.2) is 52.7 Å². The highest BCUT2D eigenvalue weighted by atomic mass is 16.5. The largest absolute Gasteiger partial charge is 0.380 e. The molecule has 0 radical (unpaired) electrons. The third-order valence-corrected chi connectivity index (χ3v) is 5.02. The molecular weight excluding hydrogens is 420 g/mol. The van der Waals surface area contributed by atoms with Crippen molar-refractivity contribution >= 4 is 23.0 Å². The Morgan fingerprint density at radius 3 is 2.61 bits per heavy atom. The lowest BCUT2D eigenvalue weighted by molar-refractivity contribution is 0.0751. The van der Waals surface area contributed by atoms with Crippen LogP contribution in [0.2, 0.25) is 0 Å². The number of methoxy groups -OCH3 is 2. The van der Waals surface area contributed by atoms with Crippen molar-refractivity contribution in [3.63, 3.8) is 0 Å². The van der Waals surface area contributed by atoms with E-state index in [1.807, 2.05) is 18.2 Å². The van der Waals surface area contributed by atoms with Gasteiger partial charge in [0.25, 0.3) is 5.91 Å². The number of carbonyl (C=O) groups excluding carboxylic acids is 1. The first kappa shape index (κ1) is 23.6. The molecule has 168 valence electrons. The Kier molecular flexibility index (Phi) is 8.25. The summed E-state index contributed by atoms with van der Waals surface area (Å²) in [7, 11) is 3.31. The molecule has 9 nitrogen and oxygen atoms in total. The second-order valence-electron chi connectivity index (χ2n) is 7.30. The van der Waals surface area contributed by atoms with E-state index in [-0.39, 0.29) is 11.6 Å². The average molecular weight is 444 g/mol. The Bertz CT molecular complexity index is 1140. The normalized spacial score (nSPS) is 12.8. The average Bonchev–Trinajstić information content (AvgIpc) is 2.86. The van der Waals surface area contributed by atoms with Crippen molar-refractivity contribution < 1.29 is 14.3 Å². The predicted octanol–water partition coefficient (Wildman–Crippen LogP) is 3.43. The Morgan fingerprint density at radius 2 is 1.88 bits per heavy atom. The van der Waals surface area contributed by atoms with Crippen molar-refractivity contribution in [2.75, 3.05) is 26.2 Å². The fourth-order valence-corrected chi connectivity index (χ4v) is 3.45. The zero-order valence-corrected chi connectivity index (χ0v) is 18.5. The SMILES string of the molecule is COCc1ccc(C2=NN(C(=O)c3cccc(NN=C(C#N)C#N)c3)CCC2)cc1COC. The lowest BCUT2D eigenvalue weighted by Crippen LogP contribution is -2.32. The van der Waals surface area contributed by atoms with Crippen molar-refractivity contribution in [3.05, 3.63) is 64.7 Å². The highest BCUT2D eigenvalue weighted by Gasteiger charge is 2.21. The molecule has 0 bridgehead atoms. The van der Waals surface area contributed by atoms with Gasteiger partial charge in [-0.05, 0) is 53.8 Å². The third kappa shape index (κ3) is 6.01. The quantitative estimate of drug-likeness (QED) is 0.491. The van der Waals surface area contributed by atoms with Gasteiger partial charge in [0.1, 0.15) is 12.1 Å². The molecule has 9 heteroatoms. The second kappa shape index (κ2) is 11.5. The number of amides is 1. The summed E-state index contributed by atoms with van der Waals surface area (Å²) in [6.45, 7) is 1.47. The van der Waals surface area contributed by atoms with Crippen LogP contribution in [0, 0.1) is 22.7 Å². The van der Waals surface area contributed by atoms with E-state index in [1.54, 1.807) is 50.6 Å². The van der Waals surface area contributed by atoms with E-state index in [4.69, 9.17) is 20.0 Å². The molecule has 33 heavy (non-hydrogen) atoms. The highest BCUT2D eigenvalue weighted by molar-refractivity contribution is 6.10. The van der Waals surface area contributed by atoms with Crippen LogP contribution in [-0.2, 0) is 22.7 Å². The summed E-state index contributed by atoms with van der Waals surface area (Å²) in [6.07, 6.45) is 1.56. The van der Waals surface area contributed by atoms with E-state index in [9.17, 15) is 4.79 Å². The Balaban J connectivity index is 1.82. The molecule has 0 spiro atoms. The summed E-state index contributed by atoms with van der Waals surface area (Å²) in [6, 6.07) is 16.1. The fraction of sp³-hybridized carbons (Fsp3) is 0.292. The van der Waals surface area contributed by atoms with E-state index in [0.29, 0.717) is 31.0 Å². The number of nitrogens with one attached hydrogen (secondary N) is 1. The Hall–Kier alpha value is -4.05. The third-order valence-electron chi connectivity index (χ3n) is 5.02. The van der Waals surface area contributed by atoms with Crippen LogP contribution in [0.4, 0.5) is 5.69 Å². The molecule has 0 saturated heterocycles. The minimum absolute atomic E-state index is 0.242. The predicted molar refractivity (Wildman–Crippen MR) is 123 cm³/mol. The zero-order valence-electron chi connectivity index (χ0n) is 18.5. The van der Waals surface area contributed by atoms with Crippen LogP contribution < -0.4 is 5.43 Å². The van der Waals surface area contributed by atoms with Gasteiger partial charge in [-0.2, -0.15) is 20.7 Å². The summed E-state index contributed by atoms with van der Waals surface area (Å²) < 4.78 is 10.6. The number of ether oxygens (including phenoxy) is 2. The van der Waals surface area contributed by atoms with Crippen LogP contribution in [0.5, 0.6) is 0 Å². The van der Waals surface area contributed by atoms with E-state index in [2.05, 4.69) is 15.6 Å². The van der Waals surface area contributed by atoms with Crippen LogP contribution in [0.25, 0.3) is 0 Å². The Morgan fingerprint density at radius 1 is 1.12 bits per heavy atom. The van der Waals surface area contributed by atoms with Gasteiger partial charge in [-0.1, -0.05) is 18.2 Å². The standard InChI is InChI=1S/C24H24N6O3/c1-32-15-19-9-8-17(11-20(19)16-33-2)23-7-4-10-30(29-23)24(31)18-5-3-6-21(12-18)27-28-22(13-25)14-26/h3,5-6,8-9,11-12,27H,4,7,10,15-16H2,1-2H3. The fourth-order valence-electron chi connectivity index (χ4n) is 3.45. The monoisotopic (exact) mass is 444 g/mol. The maximum atomic E-state index is 13.1. The molecule has 1 amide bonds. The van der Waals surface area contributed by atoms with Gasteiger partial charge in [0, 0.05) is 26.3 Å². The summed E-state index contributed by atoms with van der Waals surface area (Å²) >= 11 is 0. The first-order chi connectivity index (χ1) is 16.1. The molecule has 2 aromatic rings. The maximum Gasteiger partial charge on any atom is 0.274 e. The molecule has 0 aliphatic carbocycles. The number of benzene rings is 2. The number of nitriles is 2. The lowest BCUT2D eigenvalue weighted by Gasteiger charge is -2.24. The van der Waals surface area contributed by atoms with Crippen LogP contribution >= 0.6 is 0 Å². The van der Waals surface area contributed by atoms with Crippen LogP contribution in [0.3, 0.4) is 0 Å². The van der Waals surface area contributed by atoms with Crippen LogP contribution in [-0.4, -0.2) is 43.1 Å². The number of hydrazone groups is 2. The summed E-state index contributed by atoms with van der Waals surface area (Å²) in [5.74, 6) is -0.242. The van der Waals surface area contributed by atoms with Gasteiger partial charge >= 0.3 is 0 Å². The molecule has 1 heterocycles. The molecule has 3 rings (SSSR count). The summed E-state index contributed by atoms with van der Waals surface area (Å²) in [5.41, 5.74) is 7.09. The van der Waals surface area contributed by atoms with Crippen LogP contribution in [0.1, 0.15) is 39.9 Å². The first-order valence-corrected chi connectivity index (χ1v) is 10.3. The van der Waals surface area contributed by atoms with Gasteiger partial charge < -0.3 is 9.47 Å². The smallest absolute Gasteiger partial charge is 0.274 e. The molecule has 1 aliphatic rings. The number of rotatable bonds is 8. The van der Waals surface area contributed by atoms with Gasteiger partial charge in [-0.3, -0.25) is 10.2 Å². The van der Waals surface area contributed by atoms with Gasteiger partial charge in [0.15, 0.2) is 0 Å². The molecule has 2 aromatic carbocycles. The number of hydrogen-bond acceptors (Lipinski definition) is 8. The molecule has 0 atom stereocenters. The van der Waals surface area contributed by atoms with Crippen molar-refractivity contribution in [2.24, 2.45) is 10.2 Å². The Labute approximate surface area is 192 Å². The number of hydrogen-bond donors (Lipinski definition) is 1. The van der Waals surface area contributed by atoms with Crippen molar-refractivity contribution in [3.8, 4) is 12.1 Å². The molecule has 1 N–H and O–H groups in total. The van der Waals surface area contributed by atoms with Gasteiger partial charge in [-0.25, -0.2) is 5.01 Å². The number of nitrogens with zero attached hydrogens (tertiary/aromatic N) is 5. The minimum atomic E-state index is -0.304. The highest BCUT2D eigenvalue weighted by Crippen LogP contribution is 2.21.